The third kappa shape index (κ3) is 4.15. The van der Waals surface area contributed by atoms with Crippen molar-refractivity contribution in [3.63, 3.8) is 0 Å². The molecule has 1 heterocycles. The number of nitrogens with zero attached hydrogens (tertiary/aromatic N) is 4. The van der Waals surface area contributed by atoms with Gasteiger partial charge in [-0.1, -0.05) is 13.3 Å². The molecular weight excluding hydrogens is 288 g/mol. The number of nitriles is 1. The highest BCUT2D eigenvalue weighted by molar-refractivity contribution is 5.76. The number of hydrogen-bond acceptors (Lipinski definition) is 5. The molecule has 0 bridgehead atoms. The SMILES string of the molecule is CCCCN(CC)C(=O)Cn1cc([N+](=O)[O-])cc(C#N)c1=O. The van der Waals surface area contributed by atoms with Crippen molar-refractivity contribution in [3.8, 4) is 6.07 Å². The molecule has 0 aliphatic carbocycles. The second-order valence-corrected chi connectivity index (χ2v) is 4.74. The minimum absolute atomic E-state index is 0.303. The number of amides is 1. The van der Waals surface area contributed by atoms with E-state index in [-0.39, 0.29) is 23.7 Å². The van der Waals surface area contributed by atoms with Crippen LogP contribution < -0.4 is 5.56 Å². The largest absolute Gasteiger partial charge is 0.341 e. The van der Waals surface area contributed by atoms with E-state index in [2.05, 4.69) is 0 Å². The van der Waals surface area contributed by atoms with Crippen molar-refractivity contribution >= 4 is 11.6 Å². The molecular formula is C14H18N4O4. The molecule has 0 fully saturated rings. The fraction of sp³-hybridized carbons (Fsp3) is 0.500. The third-order valence-electron chi connectivity index (χ3n) is 3.22. The second-order valence-electron chi connectivity index (χ2n) is 4.74. The predicted molar refractivity (Wildman–Crippen MR) is 79.2 cm³/mol. The van der Waals surface area contributed by atoms with E-state index in [0.717, 1.165) is 29.7 Å². The van der Waals surface area contributed by atoms with Crippen molar-refractivity contribution in [1.82, 2.24) is 9.47 Å². The lowest BCUT2D eigenvalue weighted by Gasteiger charge is -2.21. The molecule has 0 aliphatic heterocycles. The van der Waals surface area contributed by atoms with Crippen molar-refractivity contribution in [2.75, 3.05) is 13.1 Å². The summed E-state index contributed by atoms with van der Waals surface area (Å²) >= 11 is 0. The standard InChI is InChI=1S/C14H18N4O4/c1-3-5-6-16(4-2)13(19)10-17-9-12(18(21)22)7-11(8-15)14(17)20/h7,9H,3-6,10H2,1-2H3. The number of pyridine rings is 1. The molecule has 0 spiro atoms. The Morgan fingerprint density at radius 3 is 2.68 bits per heavy atom. The zero-order valence-electron chi connectivity index (χ0n) is 12.6. The maximum Gasteiger partial charge on any atom is 0.287 e. The molecule has 1 amide bonds. The molecule has 0 saturated heterocycles. The molecule has 118 valence electrons. The van der Waals surface area contributed by atoms with Crippen LogP contribution in [0.4, 0.5) is 5.69 Å². The molecule has 0 unspecified atom stereocenters. The number of carbonyl (C=O) groups excluding carboxylic acids is 1. The van der Waals surface area contributed by atoms with Crippen LogP contribution in [0.3, 0.4) is 0 Å². The van der Waals surface area contributed by atoms with Crippen LogP contribution >= 0.6 is 0 Å². The number of unbranched alkanes of at least 4 members (excludes halogenated alkanes) is 1. The van der Waals surface area contributed by atoms with Crippen LogP contribution in [-0.2, 0) is 11.3 Å². The van der Waals surface area contributed by atoms with Gasteiger partial charge in [-0.2, -0.15) is 5.26 Å². The molecule has 0 saturated carbocycles. The van der Waals surface area contributed by atoms with Gasteiger partial charge in [0.05, 0.1) is 11.1 Å². The van der Waals surface area contributed by atoms with Crippen LogP contribution in [0.2, 0.25) is 0 Å². The molecule has 8 nitrogen and oxygen atoms in total. The van der Waals surface area contributed by atoms with Gasteiger partial charge in [0.2, 0.25) is 5.91 Å². The van der Waals surface area contributed by atoms with Gasteiger partial charge in [0.25, 0.3) is 11.2 Å². The Morgan fingerprint density at radius 2 is 2.18 bits per heavy atom. The molecule has 0 radical (unpaired) electrons. The summed E-state index contributed by atoms with van der Waals surface area (Å²) < 4.78 is 0.924. The van der Waals surface area contributed by atoms with Gasteiger partial charge in [-0.15, -0.1) is 0 Å². The lowest BCUT2D eigenvalue weighted by atomic mass is 10.2. The van der Waals surface area contributed by atoms with Gasteiger partial charge in [0.1, 0.15) is 18.2 Å². The van der Waals surface area contributed by atoms with Gasteiger partial charge in [-0.05, 0) is 13.3 Å². The van der Waals surface area contributed by atoms with E-state index in [1.54, 1.807) is 11.0 Å². The van der Waals surface area contributed by atoms with E-state index < -0.39 is 10.5 Å². The van der Waals surface area contributed by atoms with Crippen LogP contribution in [0.1, 0.15) is 32.3 Å². The molecule has 0 atom stereocenters. The average molecular weight is 306 g/mol. The van der Waals surface area contributed by atoms with Crippen molar-refractivity contribution < 1.29 is 9.72 Å². The lowest BCUT2D eigenvalue weighted by molar-refractivity contribution is -0.385. The molecule has 0 aromatic carbocycles. The average Bonchev–Trinajstić information content (AvgIpc) is 2.49. The van der Waals surface area contributed by atoms with E-state index in [1.165, 1.54) is 0 Å². The highest BCUT2D eigenvalue weighted by Crippen LogP contribution is 2.10. The van der Waals surface area contributed by atoms with E-state index in [1.807, 2.05) is 13.8 Å². The van der Waals surface area contributed by atoms with E-state index in [9.17, 15) is 19.7 Å². The maximum absolute atomic E-state index is 12.2. The van der Waals surface area contributed by atoms with Crippen molar-refractivity contribution in [2.24, 2.45) is 0 Å². The summed E-state index contributed by atoms with van der Waals surface area (Å²) in [6.45, 7) is 4.58. The maximum atomic E-state index is 12.2. The fourth-order valence-corrected chi connectivity index (χ4v) is 1.97. The van der Waals surface area contributed by atoms with Crippen molar-refractivity contribution in [1.29, 1.82) is 5.26 Å². The minimum Gasteiger partial charge on any atom is -0.341 e. The van der Waals surface area contributed by atoms with Crippen LogP contribution in [0.25, 0.3) is 0 Å². The second kappa shape index (κ2) is 7.93. The van der Waals surface area contributed by atoms with Crippen LogP contribution in [-0.4, -0.2) is 33.4 Å². The zero-order chi connectivity index (χ0) is 16.7. The first-order valence-electron chi connectivity index (χ1n) is 7.01. The van der Waals surface area contributed by atoms with Gasteiger partial charge in [-0.3, -0.25) is 24.3 Å². The Morgan fingerprint density at radius 1 is 1.50 bits per heavy atom. The molecule has 1 aromatic heterocycles. The molecule has 22 heavy (non-hydrogen) atoms. The number of hydrogen-bond donors (Lipinski definition) is 0. The Bertz CT molecular complexity index is 660. The molecule has 1 aromatic rings. The summed E-state index contributed by atoms with van der Waals surface area (Å²) in [7, 11) is 0. The number of carbonyl (C=O) groups is 1. The van der Waals surface area contributed by atoms with Gasteiger partial charge in [0.15, 0.2) is 0 Å². The normalized spacial score (nSPS) is 10.0. The molecule has 0 aliphatic rings. The summed E-state index contributed by atoms with van der Waals surface area (Å²) in [5, 5.41) is 19.7. The Kier molecular flexibility index (Phi) is 6.25. The first-order valence-corrected chi connectivity index (χ1v) is 7.01. The number of nitro groups is 1. The Labute approximate surface area is 127 Å². The summed E-state index contributed by atoms with van der Waals surface area (Å²) in [5.41, 5.74) is -1.44. The van der Waals surface area contributed by atoms with E-state index >= 15 is 0 Å². The lowest BCUT2D eigenvalue weighted by Crippen LogP contribution is -2.37. The third-order valence-corrected chi connectivity index (χ3v) is 3.22. The Balaban J connectivity index is 3.09. The highest BCUT2D eigenvalue weighted by atomic mass is 16.6. The van der Waals surface area contributed by atoms with E-state index in [0.29, 0.717) is 13.1 Å². The summed E-state index contributed by atoms with van der Waals surface area (Å²) in [6, 6.07) is 2.53. The highest BCUT2D eigenvalue weighted by Gasteiger charge is 2.17. The topological polar surface area (TPSA) is 109 Å². The Hall–Kier alpha value is -2.69. The quantitative estimate of drug-likeness (QED) is 0.556. The number of likely N-dealkylation sites (N-methyl/N-ethyl adjacent to an activating group) is 1. The van der Waals surface area contributed by atoms with Gasteiger partial charge in [-0.25, -0.2) is 0 Å². The number of aromatic nitrogens is 1. The zero-order valence-corrected chi connectivity index (χ0v) is 12.6. The van der Waals surface area contributed by atoms with Crippen molar-refractivity contribution in [3.05, 3.63) is 38.3 Å². The molecule has 0 N–H and O–H groups in total. The summed E-state index contributed by atoms with van der Waals surface area (Å²) in [5.74, 6) is -0.303. The van der Waals surface area contributed by atoms with Crippen molar-refractivity contribution in [2.45, 2.75) is 33.2 Å². The van der Waals surface area contributed by atoms with Crippen LogP contribution in [0, 0.1) is 21.4 Å². The van der Waals surface area contributed by atoms with Gasteiger partial charge >= 0.3 is 0 Å². The minimum atomic E-state index is -0.701. The first-order chi connectivity index (χ1) is 10.4. The predicted octanol–water partition coefficient (Wildman–Crippen LogP) is 1.28. The van der Waals surface area contributed by atoms with Crippen LogP contribution in [0.15, 0.2) is 17.1 Å². The monoisotopic (exact) mass is 306 g/mol. The van der Waals surface area contributed by atoms with Gasteiger partial charge in [0, 0.05) is 19.2 Å². The van der Waals surface area contributed by atoms with Gasteiger partial charge < -0.3 is 4.90 Å². The number of rotatable bonds is 7. The van der Waals surface area contributed by atoms with E-state index in [4.69, 9.17) is 5.26 Å². The fourth-order valence-electron chi connectivity index (χ4n) is 1.97. The molecule has 1 rings (SSSR count). The van der Waals surface area contributed by atoms with Crippen LogP contribution in [0.5, 0.6) is 0 Å². The summed E-state index contributed by atoms with van der Waals surface area (Å²) in [6.07, 6.45) is 2.76. The first kappa shape index (κ1) is 17.4. The molecule has 8 heteroatoms. The summed E-state index contributed by atoms with van der Waals surface area (Å²) in [4.78, 5) is 35.9. The smallest absolute Gasteiger partial charge is 0.287 e.